The van der Waals surface area contributed by atoms with Crippen molar-refractivity contribution in [2.75, 3.05) is 18.8 Å². The molecule has 0 aromatic heterocycles. The van der Waals surface area contributed by atoms with Gasteiger partial charge in [0.05, 0.1) is 11.4 Å². The predicted molar refractivity (Wildman–Crippen MR) is 122 cm³/mol. The number of aliphatic imine (C=N–C) groups is 2. The lowest BCUT2D eigenvalue weighted by Crippen LogP contribution is -2.45. The molecule has 1 saturated heterocycles. The molecular weight excluding hydrogens is 396 g/mol. The fraction of sp³-hybridized carbons (Fsp3) is 0.565. The van der Waals surface area contributed by atoms with Crippen molar-refractivity contribution in [3.05, 3.63) is 29.8 Å². The van der Waals surface area contributed by atoms with Crippen molar-refractivity contribution in [2.24, 2.45) is 27.7 Å². The molecule has 0 saturated carbocycles. The predicted octanol–water partition coefficient (Wildman–Crippen LogP) is 3.93. The Morgan fingerprint density at radius 1 is 1.23 bits per heavy atom. The molecule has 3 aliphatic heterocycles. The Bertz CT molecular complexity index is 902. The van der Waals surface area contributed by atoms with Crippen LogP contribution in [0.4, 0.5) is 5.69 Å². The van der Waals surface area contributed by atoms with Crippen molar-refractivity contribution in [2.45, 2.75) is 46.6 Å². The zero-order valence-corrected chi connectivity index (χ0v) is 19.0. The highest BCUT2D eigenvalue weighted by Gasteiger charge is 2.43. The van der Waals surface area contributed by atoms with Crippen LogP contribution in [0, 0.1) is 17.8 Å². The topological polar surface area (TPSA) is 65.3 Å². The number of thioether (sulfide) groups is 1. The summed E-state index contributed by atoms with van der Waals surface area (Å²) in [5, 5.41) is 0.565. The van der Waals surface area contributed by atoms with Crippen LogP contribution in [0.3, 0.4) is 0 Å². The van der Waals surface area contributed by atoms with Gasteiger partial charge in [0.2, 0.25) is 5.91 Å². The number of hydrogen-bond acceptors (Lipinski definition) is 5. The molecule has 1 aromatic carbocycles. The highest BCUT2D eigenvalue weighted by atomic mass is 32.2. The molecule has 4 rings (SSSR count). The third-order valence-corrected chi connectivity index (χ3v) is 7.15. The first-order valence-corrected chi connectivity index (χ1v) is 11.9. The number of amides is 2. The second kappa shape index (κ2) is 8.53. The van der Waals surface area contributed by atoms with E-state index >= 15 is 0 Å². The SMILES string of the molecule is CC[C@H](C)[C@@H]1N=C2c3ccccc3N=C(SCC(=O)N3C[C@@H](C)C[C@H](C)C3)N2C1=O. The molecule has 3 heterocycles. The van der Waals surface area contributed by atoms with Gasteiger partial charge in [-0.15, -0.1) is 0 Å². The summed E-state index contributed by atoms with van der Waals surface area (Å²) in [6.45, 7) is 10.2. The van der Waals surface area contributed by atoms with Gasteiger partial charge in [-0.1, -0.05) is 58.0 Å². The van der Waals surface area contributed by atoms with Crippen LogP contribution < -0.4 is 0 Å². The van der Waals surface area contributed by atoms with Crippen LogP contribution in [0.2, 0.25) is 0 Å². The number of amidine groups is 2. The largest absolute Gasteiger partial charge is 0.341 e. The van der Waals surface area contributed by atoms with Gasteiger partial charge in [0.15, 0.2) is 5.17 Å². The van der Waals surface area contributed by atoms with Gasteiger partial charge in [-0.3, -0.25) is 14.6 Å². The average molecular weight is 427 g/mol. The number of carbonyl (C=O) groups excluding carboxylic acids is 2. The normalized spacial score (nSPS) is 26.7. The molecule has 0 aliphatic carbocycles. The van der Waals surface area contributed by atoms with Crippen molar-refractivity contribution in [3.8, 4) is 0 Å². The fourth-order valence-electron chi connectivity index (χ4n) is 4.54. The Balaban J connectivity index is 1.56. The van der Waals surface area contributed by atoms with Crippen LogP contribution >= 0.6 is 11.8 Å². The summed E-state index contributed by atoms with van der Waals surface area (Å²) in [6.07, 6.45) is 2.05. The standard InChI is InChI=1S/C23H30N4O2S/c1-5-16(4)20-22(29)27-21(25-20)17-8-6-7-9-18(17)24-23(27)30-13-19(28)26-11-14(2)10-15(3)12-26/h6-9,14-16,20H,5,10-13H2,1-4H3/t14-,15-,16-,20-/m0/s1. The molecule has 0 spiro atoms. The van der Waals surface area contributed by atoms with Crippen molar-refractivity contribution < 1.29 is 9.59 Å². The highest BCUT2D eigenvalue weighted by Crippen LogP contribution is 2.35. The molecule has 1 fully saturated rings. The summed E-state index contributed by atoms with van der Waals surface area (Å²) in [6, 6.07) is 7.38. The van der Waals surface area contributed by atoms with Crippen LogP contribution in [-0.4, -0.2) is 57.5 Å². The number of hydrogen-bond donors (Lipinski definition) is 0. The van der Waals surface area contributed by atoms with Crippen molar-refractivity contribution in [1.29, 1.82) is 0 Å². The van der Waals surface area contributed by atoms with Crippen LogP contribution in [0.5, 0.6) is 0 Å². The third kappa shape index (κ3) is 3.92. The summed E-state index contributed by atoms with van der Waals surface area (Å²) in [5.41, 5.74) is 1.69. The van der Waals surface area contributed by atoms with Crippen LogP contribution in [0.15, 0.2) is 34.3 Å². The lowest BCUT2D eigenvalue weighted by molar-refractivity contribution is -0.131. The number of nitrogens with zero attached hydrogens (tertiary/aromatic N) is 4. The molecule has 0 unspecified atom stereocenters. The van der Waals surface area contributed by atoms with E-state index < -0.39 is 0 Å². The van der Waals surface area contributed by atoms with Gasteiger partial charge in [0.25, 0.3) is 5.91 Å². The Morgan fingerprint density at radius 3 is 2.63 bits per heavy atom. The summed E-state index contributed by atoms with van der Waals surface area (Å²) in [7, 11) is 0. The Hall–Kier alpha value is -2.15. The van der Waals surface area contributed by atoms with E-state index in [-0.39, 0.29) is 29.5 Å². The van der Waals surface area contributed by atoms with Crippen molar-refractivity contribution in [1.82, 2.24) is 9.80 Å². The Morgan fingerprint density at radius 2 is 1.93 bits per heavy atom. The molecule has 2 amide bonds. The first-order valence-electron chi connectivity index (χ1n) is 10.9. The second-order valence-electron chi connectivity index (χ2n) is 8.90. The van der Waals surface area contributed by atoms with Gasteiger partial charge >= 0.3 is 0 Å². The van der Waals surface area contributed by atoms with E-state index in [4.69, 9.17) is 9.98 Å². The van der Waals surface area contributed by atoms with E-state index in [9.17, 15) is 9.59 Å². The lowest BCUT2D eigenvalue weighted by atomic mass is 9.92. The number of carbonyl (C=O) groups is 2. The summed E-state index contributed by atoms with van der Waals surface area (Å²) in [5.74, 6) is 2.24. The minimum Gasteiger partial charge on any atom is -0.341 e. The van der Waals surface area contributed by atoms with E-state index in [1.54, 1.807) is 4.90 Å². The quantitative estimate of drug-likeness (QED) is 0.733. The van der Waals surface area contributed by atoms with Gasteiger partial charge < -0.3 is 4.90 Å². The fourth-order valence-corrected chi connectivity index (χ4v) is 5.45. The van der Waals surface area contributed by atoms with E-state index in [0.29, 0.717) is 22.8 Å². The number of piperidine rings is 1. The zero-order chi connectivity index (χ0) is 21.4. The van der Waals surface area contributed by atoms with Crippen LogP contribution in [-0.2, 0) is 9.59 Å². The van der Waals surface area contributed by atoms with Crippen molar-refractivity contribution in [3.63, 3.8) is 0 Å². The molecular formula is C23H30N4O2S. The first kappa shape index (κ1) is 21.1. The molecule has 7 heteroatoms. The maximum atomic E-state index is 13.2. The van der Waals surface area contributed by atoms with Gasteiger partial charge in [-0.05, 0) is 36.3 Å². The summed E-state index contributed by atoms with van der Waals surface area (Å²) < 4.78 is 0. The second-order valence-corrected chi connectivity index (χ2v) is 9.84. The summed E-state index contributed by atoms with van der Waals surface area (Å²) >= 11 is 1.35. The number of para-hydroxylation sites is 1. The molecule has 1 aromatic rings. The number of likely N-dealkylation sites (tertiary alicyclic amines) is 1. The maximum absolute atomic E-state index is 13.2. The molecule has 0 bridgehead atoms. The van der Waals surface area contributed by atoms with Gasteiger partial charge in [-0.2, -0.15) is 0 Å². The molecule has 4 atom stereocenters. The van der Waals surface area contributed by atoms with E-state index in [2.05, 4.69) is 27.7 Å². The van der Waals surface area contributed by atoms with E-state index in [0.717, 1.165) is 30.8 Å². The number of rotatable bonds is 4. The van der Waals surface area contributed by atoms with E-state index in [1.807, 2.05) is 29.2 Å². The first-order chi connectivity index (χ1) is 14.4. The minimum absolute atomic E-state index is 0.0345. The maximum Gasteiger partial charge on any atom is 0.259 e. The Kier molecular flexibility index (Phi) is 6.00. The average Bonchev–Trinajstić information content (AvgIpc) is 3.08. The molecule has 6 nitrogen and oxygen atoms in total. The Labute approximate surface area is 182 Å². The molecule has 30 heavy (non-hydrogen) atoms. The van der Waals surface area contributed by atoms with Gasteiger partial charge in [0, 0.05) is 18.7 Å². The smallest absolute Gasteiger partial charge is 0.259 e. The van der Waals surface area contributed by atoms with Gasteiger partial charge in [-0.25, -0.2) is 9.89 Å². The third-order valence-electron chi connectivity index (χ3n) is 6.23. The zero-order valence-electron chi connectivity index (χ0n) is 18.2. The minimum atomic E-state index is -0.388. The van der Waals surface area contributed by atoms with Crippen LogP contribution in [0.1, 0.15) is 46.1 Å². The summed E-state index contributed by atoms with van der Waals surface area (Å²) in [4.78, 5) is 39.2. The molecule has 160 valence electrons. The van der Waals surface area contributed by atoms with E-state index in [1.165, 1.54) is 18.2 Å². The number of fused-ring (bicyclic) bond motifs is 3. The highest BCUT2D eigenvalue weighted by molar-refractivity contribution is 8.14. The van der Waals surface area contributed by atoms with Gasteiger partial charge in [0.1, 0.15) is 11.9 Å². The number of benzene rings is 1. The molecule has 0 radical (unpaired) electrons. The monoisotopic (exact) mass is 426 g/mol. The molecule has 3 aliphatic rings. The van der Waals surface area contributed by atoms with Crippen LogP contribution in [0.25, 0.3) is 0 Å². The molecule has 0 N–H and O–H groups in total. The van der Waals surface area contributed by atoms with Crippen molar-refractivity contribution >= 4 is 40.3 Å². The lowest BCUT2D eigenvalue weighted by Gasteiger charge is -2.35.